The van der Waals surface area contributed by atoms with Crippen LogP contribution in [0.5, 0.6) is 0 Å². The Balaban J connectivity index is 2.21. The van der Waals surface area contributed by atoms with E-state index in [1.54, 1.807) is 6.20 Å². The van der Waals surface area contributed by atoms with E-state index in [2.05, 4.69) is 43.1 Å². The predicted molar refractivity (Wildman–Crippen MR) is 87.0 cm³/mol. The molecular weight excluding hydrogens is 248 g/mol. The van der Waals surface area contributed by atoms with Crippen molar-refractivity contribution in [2.75, 3.05) is 38.2 Å². The van der Waals surface area contributed by atoms with Gasteiger partial charge in [0.2, 0.25) is 0 Å². The molecule has 3 N–H and O–H groups in total. The number of hydrogen-bond donors (Lipinski definition) is 2. The molecule has 0 unspecified atom stereocenters. The maximum Gasteiger partial charge on any atom is 0.0422 e. The van der Waals surface area contributed by atoms with Crippen molar-refractivity contribution in [3.05, 3.63) is 30.6 Å². The van der Waals surface area contributed by atoms with Crippen molar-refractivity contribution in [2.45, 2.75) is 13.8 Å². The van der Waals surface area contributed by atoms with Crippen molar-refractivity contribution in [1.82, 2.24) is 9.88 Å². The number of nitrogens with zero attached hydrogens (tertiary/aromatic N) is 2. The Kier molecular flexibility index (Phi) is 4.14. The summed E-state index contributed by atoms with van der Waals surface area (Å²) in [6.07, 6.45) is 3.62. The predicted octanol–water partition coefficient (Wildman–Crippen LogP) is 2.82. The van der Waals surface area contributed by atoms with Crippen LogP contribution >= 0.6 is 0 Å². The third kappa shape index (κ3) is 3.39. The zero-order valence-corrected chi connectivity index (χ0v) is 12.8. The summed E-state index contributed by atoms with van der Waals surface area (Å²) in [5, 5.41) is 5.68. The number of benzene rings is 1. The number of fused-ring (bicyclic) bond motifs is 1. The van der Waals surface area contributed by atoms with Crippen LogP contribution in [0.1, 0.15) is 13.8 Å². The Bertz CT molecular complexity index is 590. The molecule has 1 aromatic heterocycles. The van der Waals surface area contributed by atoms with Crippen molar-refractivity contribution < 1.29 is 0 Å². The molecule has 4 heteroatoms. The van der Waals surface area contributed by atoms with Gasteiger partial charge in [-0.25, -0.2) is 0 Å². The summed E-state index contributed by atoms with van der Waals surface area (Å²) in [7, 11) is 4.21. The molecule has 0 radical (unpaired) electrons. The van der Waals surface area contributed by atoms with Gasteiger partial charge in [-0.15, -0.1) is 0 Å². The van der Waals surface area contributed by atoms with Crippen LogP contribution in [0.3, 0.4) is 0 Å². The van der Waals surface area contributed by atoms with Crippen molar-refractivity contribution in [1.29, 1.82) is 0 Å². The molecule has 0 atom stereocenters. The monoisotopic (exact) mass is 272 g/mol. The van der Waals surface area contributed by atoms with Crippen LogP contribution in [-0.2, 0) is 0 Å². The first kappa shape index (κ1) is 14.6. The summed E-state index contributed by atoms with van der Waals surface area (Å²) >= 11 is 0. The van der Waals surface area contributed by atoms with Crippen LogP contribution in [0.4, 0.5) is 11.4 Å². The standard InChI is InChI=1S/C16H24N4/c1-16(2,11-20(3)4)10-19-15-6-5-14(17)13-9-18-8-7-12(13)15/h5-9,19H,10-11,17H2,1-4H3. The second-order valence-corrected chi connectivity index (χ2v) is 6.38. The summed E-state index contributed by atoms with van der Waals surface area (Å²) in [5.74, 6) is 0. The fraction of sp³-hybridized carbons (Fsp3) is 0.438. The number of pyridine rings is 1. The average Bonchev–Trinajstić information content (AvgIpc) is 2.37. The molecule has 0 fully saturated rings. The van der Waals surface area contributed by atoms with Crippen molar-refractivity contribution in [3.63, 3.8) is 0 Å². The van der Waals surface area contributed by atoms with Gasteiger partial charge in [-0.05, 0) is 37.7 Å². The number of anilines is 2. The van der Waals surface area contributed by atoms with Crippen LogP contribution in [0.25, 0.3) is 10.8 Å². The van der Waals surface area contributed by atoms with Gasteiger partial charge in [-0.2, -0.15) is 0 Å². The van der Waals surface area contributed by atoms with Gasteiger partial charge in [0.1, 0.15) is 0 Å². The summed E-state index contributed by atoms with van der Waals surface area (Å²) in [5.41, 5.74) is 8.08. The average molecular weight is 272 g/mol. The van der Waals surface area contributed by atoms with Crippen molar-refractivity contribution in [2.24, 2.45) is 5.41 Å². The number of nitrogen functional groups attached to an aromatic ring is 1. The van der Waals surface area contributed by atoms with Crippen molar-refractivity contribution >= 4 is 22.1 Å². The number of nitrogens with two attached hydrogens (primary N) is 1. The van der Waals surface area contributed by atoms with Crippen LogP contribution in [0, 0.1) is 5.41 Å². The van der Waals surface area contributed by atoms with Gasteiger partial charge in [-0.3, -0.25) is 4.98 Å². The molecule has 108 valence electrons. The summed E-state index contributed by atoms with van der Waals surface area (Å²) < 4.78 is 0. The lowest BCUT2D eigenvalue weighted by Crippen LogP contribution is -2.34. The quantitative estimate of drug-likeness (QED) is 0.822. The van der Waals surface area contributed by atoms with Gasteiger partial charge in [0.25, 0.3) is 0 Å². The minimum Gasteiger partial charge on any atom is -0.398 e. The Morgan fingerprint density at radius 1 is 1.20 bits per heavy atom. The van der Waals surface area contributed by atoms with E-state index in [-0.39, 0.29) is 5.41 Å². The first-order valence-corrected chi connectivity index (χ1v) is 6.90. The van der Waals surface area contributed by atoms with E-state index in [1.807, 2.05) is 24.4 Å². The second kappa shape index (κ2) is 5.67. The molecule has 0 saturated heterocycles. The fourth-order valence-corrected chi connectivity index (χ4v) is 2.61. The molecule has 1 heterocycles. The summed E-state index contributed by atoms with van der Waals surface area (Å²) in [6, 6.07) is 5.99. The highest BCUT2D eigenvalue weighted by Gasteiger charge is 2.19. The van der Waals surface area contributed by atoms with Gasteiger partial charge >= 0.3 is 0 Å². The molecule has 0 aliphatic rings. The molecule has 20 heavy (non-hydrogen) atoms. The van der Waals surface area contributed by atoms with E-state index in [1.165, 1.54) is 0 Å². The first-order chi connectivity index (χ1) is 9.39. The maximum atomic E-state index is 6.00. The minimum atomic E-state index is 0.199. The highest BCUT2D eigenvalue weighted by atomic mass is 15.1. The van der Waals surface area contributed by atoms with Gasteiger partial charge in [0.15, 0.2) is 0 Å². The highest BCUT2D eigenvalue weighted by Crippen LogP contribution is 2.28. The third-order valence-electron chi connectivity index (χ3n) is 3.35. The van der Waals surface area contributed by atoms with E-state index < -0.39 is 0 Å². The van der Waals surface area contributed by atoms with Crippen LogP contribution in [-0.4, -0.2) is 37.1 Å². The Labute approximate surface area is 121 Å². The molecule has 4 nitrogen and oxygen atoms in total. The Morgan fingerprint density at radius 2 is 1.95 bits per heavy atom. The lowest BCUT2D eigenvalue weighted by atomic mass is 9.92. The molecule has 0 aliphatic carbocycles. The molecule has 2 rings (SSSR count). The van der Waals surface area contributed by atoms with Gasteiger partial charge in [0.05, 0.1) is 0 Å². The lowest BCUT2D eigenvalue weighted by molar-refractivity contribution is 0.254. The molecule has 0 aliphatic heterocycles. The maximum absolute atomic E-state index is 6.00. The molecule has 0 spiro atoms. The van der Waals surface area contributed by atoms with Crippen LogP contribution in [0.15, 0.2) is 30.6 Å². The number of rotatable bonds is 5. The van der Waals surface area contributed by atoms with E-state index in [9.17, 15) is 0 Å². The van der Waals surface area contributed by atoms with Crippen LogP contribution in [0.2, 0.25) is 0 Å². The zero-order chi connectivity index (χ0) is 14.8. The van der Waals surface area contributed by atoms with Gasteiger partial charge < -0.3 is 16.0 Å². The molecule has 0 saturated carbocycles. The lowest BCUT2D eigenvalue weighted by Gasteiger charge is -2.29. The number of hydrogen-bond acceptors (Lipinski definition) is 4. The minimum absolute atomic E-state index is 0.199. The molecule has 0 amide bonds. The molecule has 1 aromatic carbocycles. The van der Waals surface area contributed by atoms with E-state index in [0.29, 0.717) is 0 Å². The smallest absolute Gasteiger partial charge is 0.0422 e. The van der Waals surface area contributed by atoms with Gasteiger partial charge in [-0.1, -0.05) is 13.8 Å². The van der Waals surface area contributed by atoms with Gasteiger partial charge in [0, 0.05) is 47.6 Å². The molecule has 0 bridgehead atoms. The summed E-state index contributed by atoms with van der Waals surface area (Å²) in [6.45, 7) is 6.48. The van der Waals surface area contributed by atoms with E-state index >= 15 is 0 Å². The van der Waals surface area contributed by atoms with E-state index in [4.69, 9.17) is 5.73 Å². The Hall–Kier alpha value is -1.81. The van der Waals surface area contributed by atoms with Crippen LogP contribution < -0.4 is 11.1 Å². The highest BCUT2D eigenvalue weighted by molar-refractivity contribution is 6.00. The second-order valence-electron chi connectivity index (χ2n) is 6.38. The molecule has 2 aromatic rings. The van der Waals surface area contributed by atoms with Crippen molar-refractivity contribution in [3.8, 4) is 0 Å². The summed E-state index contributed by atoms with van der Waals surface area (Å²) in [4.78, 5) is 6.36. The topological polar surface area (TPSA) is 54.2 Å². The largest absolute Gasteiger partial charge is 0.398 e. The molecular formula is C16H24N4. The first-order valence-electron chi connectivity index (χ1n) is 6.90. The normalized spacial score (nSPS) is 12.1. The number of aromatic nitrogens is 1. The Morgan fingerprint density at radius 3 is 2.65 bits per heavy atom. The number of nitrogens with one attached hydrogen (secondary N) is 1. The zero-order valence-electron chi connectivity index (χ0n) is 12.8. The van der Waals surface area contributed by atoms with E-state index in [0.717, 1.165) is 35.2 Å². The third-order valence-corrected chi connectivity index (χ3v) is 3.35. The fourth-order valence-electron chi connectivity index (χ4n) is 2.61. The SMILES string of the molecule is CN(C)CC(C)(C)CNc1ccc(N)c2cnccc12.